The van der Waals surface area contributed by atoms with Crippen LogP contribution in [0, 0.1) is 0 Å². The Kier molecular flexibility index (Phi) is 1.84. The predicted molar refractivity (Wildman–Crippen MR) is 41.7 cm³/mol. The van der Waals surface area contributed by atoms with E-state index >= 15 is 0 Å². The van der Waals surface area contributed by atoms with Gasteiger partial charge in [-0.3, -0.25) is 0 Å². The third-order valence-electron chi connectivity index (χ3n) is 1.97. The largest absolute Gasteiger partial charge is 0.436 e. The maximum absolute atomic E-state index is 5.54. The molecular weight excluding hydrogens is 164 g/mol. The Balaban J connectivity index is 2.15. The van der Waals surface area contributed by atoms with Crippen molar-refractivity contribution in [3.05, 3.63) is 17.3 Å². The van der Waals surface area contributed by atoms with Crippen LogP contribution in [0.2, 0.25) is 5.35 Å². The lowest BCUT2D eigenvalue weighted by Crippen LogP contribution is -2.07. The summed E-state index contributed by atoms with van der Waals surface area (Å²) in [5.41, 5.74) is 0.972. The van der Waals surface area contributed by atoms with Crippen LogP contribution >= 0.6 is 11.6 Å². The number of hydrogen-bond acceptors (Lipinski definition) is 3. The smallest absolute Gasteiger partial charge is 0.292 e. The van der Waals surface area contributed by atoms with Crippen molar-refractivity contribution in [3.8, 4) is 0 Å². The number of rotatable bonds is 1. The summed E-state index contributed by atoms with van der Waals surface area (Å²) in [7, 11) is 0. The minimum Gasteiger partial charge on any atom is -0.436 e. The first-order chi connectivity index (χ1) is 5.36. The molecule has 0 aliphatic carbocycles. The van der Waals surface area contributed by atoms with Gasteiger partial charge in [-0.05, 0) is 24.6 Å². The summed E-state index contributed by atoms with van der Waals surface area (Å²) in [5, 5.41) is 3.50. The van der Waals surface area contributed by atoms with Crippen LogP contribution in [-0.2, 0) is 0 Å². The van der Waals surface area contributed by atoms with Gasteiger partial charge in [0.1, 0.15) is 6.26 Å². The van der Waals surface area contributed by atoms with Crippen LogP contribution in [0.5, 0.6) is 0 Å². The van der Waals surface area contributed by atoms with E-state index in [2.05, 4.69) is 10.3 Å². The molecule has 2 heterocycles. The molecule has 4 heteroatoms. The van der Waals surface area contributed by atoms with Gasteiger partial charge in [0.25, 0.3) is 5.35 Å². The van der Waals surface area contributed by atoms with Crippen LogP contribution in [0.3, 0.4) is 0 Å². The van der Waals surface area contributed by atoms with Gasteiger partial charge in [-0.25, -0.2) is 4.98 Å². The van der Waals surface area contributed by atoms with E-state index in [1.54, 1.807) is 6.26 Å². The highest BCUT2D eigenvalue weighted by molar-refractivity contribution is 6.27. The number of oxazole rings is 1. The third-order valence-corrected chi connectivity index (χ3v) is 2.15. The summed E-state index contributed by atoms with van der Waals surface area (Å²) >= 11 is 5.54. The van der Waals surface area contributed by atoms with Crippen molar-refractivity contribution in [1.29, 1.82) is 0 Å². The molecule has 11 heavy (non-hydrogen) atoms. The Labute approximate surface area is 69.8 Å². The van der Waals surface area contributed by atoms with Gasteiger partial charge >= 0.3 is 0 Å². The fourth-order valence-corrected chi connectivity index (χ4v) is 1.50. The van der Waals surface area contributed by atoms with E-state index in [1.807, 2.05) is 0 Å². The average molecular weight is 173 g/mol. The highest BCUT2D eigenvalue weighted by atomic mass is 35.5. The number of nitrogens with zero attached hydrogens (tertiary/aromatic N) is 1. The fraction of sp³-hybridized carbons (Fsp3) is 0.571. The second-order valence-corrected chi connectivity index (χ2v) is 3.04. The molecule has 0 aromatic carbocycles. The van der Waals surface area contributed by atoms with Crippen LogP contribution in [0.15, 0.2) is 10.7 Å². The van der Waals surface area contributed by atoms with E-state index in [1.165, 1.54) is 0 Å². The number of aromatic nitrogens is 1. The Morgan fingerprint density at radius 3 is 3.18 bits per heavy atom. The molecule has 0 amide bonds. The van der Waals surface area contributed by atoms with Gasteiger partial charge in [-0.2, -0.15) is 0 Å². The first kappa shape index (κ1) is 7.13. The van der Waals surface area contributed by atoms with Crippen molar-refractivity contribution in [2.24, 2.45) is 0 Å². The van der Waals surface area contributed by atoms with Gasteiger partial charge in [0.15, 0.2) is 0 Å². The van der Waals surface area contributed by atoms with Crippen LogP contribution in [-0.4, -0.2) is 18.1 Å². The van der Waals surface area contributed by atoms with Crippen LogP contribution in [0.1, 0.15) is 18.0 Å². The topological polar surface area (TPSA) is 38.1 Å². The normalized spacial score (nSPS) is 24.3. The Morgan fingerprint density at radius 2 is 2.64 bits per heavy atom. The van der Waals surface area contributed by atoms with Gasteiger partial charge in [0.2, 0.25) is 0 Å². The highest BCUT2D eigenvalue weighted by Crippen LogP contribution is 2.22. The molecule has 1 fully saturated rings. The molecule has 1 aromatic heterocycles. The lowest BCUT2D eigenvalue weighted by Gasteiger charge is -1.99. The SMILES string of the molecule is Clc1nc(C2CCNC2)co1. The molecule has 60 valence electrons. The van der Waals surface area contributed by atoms with E-state index in [9.17, 15) is 0 Å². The number of nitrogens with one attached hydrogen (secondary N) is 1. The Hall–Kier alpha value is -0.540. The summed E-state index contributed by atoms with van der Waals surface area (Å²) in [5.74, 6) is 0.492. The molecule has 1 aliphatic rings. The maximum atomic E-state index is 5.54. The minimum absolute atomic E-state index is 0.243. The average Bonchev–Trinajstić information content (AvgIpc) is 2.55. The van der Waals surface area contributed by atoms with Gasteiger partial charge in [-0.1, -0.05) is 0 Å². The first-order valence-electron chi connectivity index (χ1n) is 3.68. The number of halogens is 1. The molecule has 1 aliphatic heterocycles. The molecular formula is C7H9ClN2O. The molecule has 1 unspecified atom stereocenters. The molecule has 1 aromatic rings. The second kappa shape index (κ2) is 2.83. The second-order valence-electron chi connectivity index (χ2n) is 2.72. The lowest BCUT2D eigenvalue weighted by molar-refractivity contribution is 0.556. The van der Waals surface area contributed by atoms with Gasteiger partial charge in [-0.15, -0.1) is 0 Å². The molecule has 0 bridgehead atoms. The van der Waals surface area contributed by atoms with Gasteiger partial charge in [0.05, 0.1) is 5.69 Å². The van der Waals surface area contributed by atoms with E-state index in [-0.39, 0.29) is 5.35 Å². The van der Waals surface area contributed by atoms with E-state index in [0.717, 1.165) is 25.2 Å². The van der Waals surface area contributed by atoms with Crippen molar-refractivity contribution >= 4 is 11.6 Å². The van der Waals surface area contributed by atoms with Gasteiger partial charge in [0, 0.05) is 12.5 Å². The van der Waals surface area contributed by atoms with E-state index < -0.39 is 0 Å². The number of hydrogen-bond donors (Lipinski definition) is 1. The van der Waals surface area contributed by atoms with Crippen molar-refractivity contribution in [1.82, 2.24) is 10.3 Å². The highest BCUT2D eigenvalue weighted by Gasteiger charge is 2.19. The van der Waals surface area contributed by atoms with Crippen molar-refractivity contribution < 1.29 is 4.42 Å². The Bertz CT molecular complexity index is 242. The summed E-state index contributed by atoms with van der Waals surface area (Å²) < 4.78 is 4.90. The molecule has 1 atom stereocenters. The van der Waals surface area contributed by atoms with Crippen molar-refractivity contribution in [2.45, 2.75) is 12.3 Å². The zero-order valence-electron chi connectivity index (χ0n) is 6.01. The van der Waals surface area contributed by atoms with Gasteiger partial charge < -0.3 is 9.73 Å². The quantitative estimate of drug-likeness (QED) is 0.696. The zero-order chi connectivity index (χ0) is 7.68. The summed E-state index contributed by atoms with van der Waals surface area (Å²) in [6.07, 6.45) is 2.77. The Morgan fingerprint density at radius 1 is 1.73 bits per heavy atom. The third kappa shape index (κ3) is 1.39. The van der Waals surface area contributed by atoms with Crippen molar-refractivity contribution in [3.63, 3.8) is 0 Å². The molecule has 0 radical (unpaired) electrons. The van der Waals surface area contributed by atoms with Crippen LogP contribution in [0.4, 0.5) is 0 Å². The summed E-state index contributed by atoms with van der Waals surface area (Å²) in [6.45, 7) is 2.05. The minimum atomic E-state index is 0.243. The molecule has 2 rings (SSSR count). The molecule has 3 nitrogen and oxygen atoms in total. The summed E-state index contributed by atoms with van der Waals surface area (Å²) in [6, 6.07) is 0. The van der Waals surface area contributed by atoms with E-state index in [0.29, 0.717) is 5.92 Å². The standard InChI is InChI=1S/C7H9ClN2O/c8-7-10-6(4-11-7)5-1-2-9-3-5/h4-5,9H,1-3H2. The molecule has 1 N–H and O–H groups in total. The lowest BCUT2D eigenvalue weighted by atomic mass is 10.1. The van der Waals surface area contributed by atoms with Crippen LogP contribution < -0.4 is 5.32 Å². The molecule has 1 saturated heterocycles. The summed E-state index contributed by atoms with van der Waals surface area (Å²) in [4.78, 5) is 4.05. The maximum Gasteiger partial charge on any atom is 0.292 e. The monoisotopic (exact) mass is 172 g/mol. The molecule has 0 saturated carbocycles. The van der Waals surface area contributed by atoms with Crippen molar-refractivity contribution in [2.75, 3.05) is 13.1 Å². The van der Waals surface area contributed by atoms with Crippen LogP contribution in [0.25, 0.3) is 0 Å². The zero-order valence-corrected chi connectivity index (χ0v) is 6.77. The van der Waals surface area contributed by atoms with E-state index in [4.69, 9.17) is 16.0 Å². The predicted octanol–water partition coefficient (Wildman–Crippen LogP) is 1.40. The first-order valence-corrected chi connectivity index (χ1v) is 4.05. The molecule has 0 spiro atoms. The fourth-order valence-electron chi connectivity index (χ4n) is 1.36.